The highest BCUT2D eigenvalue weighted by Gasteiger charge is 2.34. The molecule has 0 unspecified atom stereocenters. The predicted octanol–water partition coefficient (Wildman–Crippen LogP) is 6.33. The van der Waals surface area contributed by atoms with Gasteiger partial charge >= 0.3 is 0 Å². The summed E-state index contributed by atoms with van der Waals surface area (Å²) >= 11 is 8.13. The lowest BCUT2D eigenvalue weighted by Crippen LogP contribution is -2.32. The first kappa shape index (κ1) is 27.2. The summed E-state index contributed by atoms with van der Waals surface area (Å²) in [4.78, 5) is 24.9. The number of hydrogen-bond donors (Lipinski definition) is 1. The number of anilines is 1. The number of fused-ring (bicyclic) bond motifs is 2. The first-order valence-corrected chi connectivity index (χ1v) is 15.6. The molecular formula is C31H31ClFN7OS. The number of rotatable bonds is 7. The Morgan fingerprint density at radius 3 is 2.71 bits per heavy atom. The summed E-state index contributed by atoms with van der Waals surface area (Å²) < 4.78 is 17.6. The summed E-state index contributed by atoms with van der Waals surface area (Å²) in [5, 5.41) is 11.2. The van der Waals surface area contributed by atoms with Gasteiger partial charge in [0.1, 0.15) is 6.17 Å². The quantitative estimate of drug-likeness (QED) is 0.235. The van der Waals surface area contributed by atoms with Crippen molar-refractivity contribution in [2.45, 2.75) is 50.9 Å². The number of nitrogens with one attached hydrogen (secondary N) is 1. The highest BCUT2D eigenvalue weighted by molar-refractivity contribution is 7.13. The summed E-state index contributed by atoms with van der Waals surface area (Å²) in [6.07, 6.45) is 6.56. The van der Waals surface area contributed by atoms with Gasteiger partial charge in [-0.25, -0.2) is 14.4 Å². The van der Waals surface area contributed by atoms with Gasteiger partial charge in [-0.3, -0.25) is 14.8 Å². The summed E-state index contributed by atoms with van der Waals surface area (Å²) in [6, 6.07) is 11.8. The van der Waals surface area contributed by atoms with Crippen LogP contribution in [0.3, 0.4) is 0 Å². The summed E-state index contributed by atoms with van der Waals surface area (Å²) in [7, 11) is 0. The molecule has 2 aliphatic rings. The van der Waals surface area contributed by atoms with Gasteiger partial charge in [0.2, 0.25) is 0 Å². The van der Waals surface area contributed by atoms with E-state index in [0.717, 1.165) is 36.1 Å². The number of imidazole rings is 1. The van der Waals surface area contributed by atoms with Crippen LogP contribution in [0.2, 0.25) is 5.02 Å². The van der Waals surface area contributed by atoms with Gasteiger partial charge in [-0.05, 0) is 67.2 Å². The molecule has 1 saturated heterocycles. The number of halogens is 2. The van der Waals surface area contributed by atoms with Crippen molar-refractivity contribution in [3.8, 4) is 11.1 Å². The van der Waals surface area contributed by atoms with Gasteiger partial charge in [0.15, 0.2) is 11.2 Å². The molecule has 0 spiro atoms. The third-order valence-corrected chi connectivity index (χ3v) is 9.57. The average Bonchev–Trinajstić information content (AvgIpc) is 3.80. The SMILES string of the molecule is CCN1CCC(c2ccc(-c3cc(Cl)c4cn([C@@H](C(=O)Nc5nccs5)c5ncn6c5C[C@@H](F)C6)nc4c3)cc2)CC1. The van der Waals surface area contributed by atoms with E-state index in [9.17, 15) is 9.18 Å². The van der Waals surface area contributed by atoms with Crippen LogP contribution < -0.4 is 5.32 Å². The van der Waals surface area contributed by atoms with Gasteiger partial charge in [0.25, 0.3) is 5.91 Å². The van der Waals surface area contributed by atoms with Crippen LogP contribution in [0.5, 0.6) is 0 Å². The first-order chi connectivity index (χ1) is 20.5. The fraction of sp³-hybridized carbons (Fsp3) is 0.355. The monoisotopic (exact) mass is 603 g/mol. The highest BCUT2D eigenvalue weighted by Crippen LogP contribution is 2.35. The first-order valence-electron chi connectivity index (χ1n) is 14.4. The molecule has 1 amide bonds. The summed E-state index contributed by atoms with van der Waals surface area (Å²) in [6.45, 7) is 5.87. The van der Waals surface area contributed by atoms with Gasteiger partial charge < -0.3 is 9.47 Å². The molecule has 0 aliphatic carbocycles. The molecule has 8 nitrogen and oxygen atoms in total. The van der Waals surface area contributed by atoms with Crippen molar-refractivity contribution < 1.29 is 9.18 Å². The number of piperidine rings is 1. The van der Waals surface area contributed by atoms with Crippen LogP contribution in [-0.4, -0.2) is 60.9 Å². The Bertz CT molecular complexity index is 1720. The molecule has 2 aliphatic heterocycles. The van der Waals surface area contributed by atoms with Crippen molar-refractivity contribution >= 4 is 44.9 Å². The molecule has 2 aromatic carbocycles. The van der Waals surface area contributed by atoms with Crippen molar-refractivity contribution in [3.63, 3.8) is 0 Å². The number of aromatic nitrogens is 5. The van der Waals surface area contributed by atoms with E-state index in [0.29, 0.717) is 33.0 Å². The van der Waals surface area contributed by atoms with E-state index < -0.39 is 12.2 Å². The van der Waals surface area contributed by atoms with Crippen molar-refractivity contribution in [2.24, 2.45) is 0 Å². The highest BCUT2D eigenvalue weighted by atomic mass is 35.5. The number of benzene rings is 2. The number of amides is 1. The van der Waals surface area contributed by atoms with E-state index in [4.69, 9.17) is 16.7 Å². The smallest absolute Gasteiger partial charge is 0.257 e. The number of nitrogens with zero attached hydrogens (tertiary/aromatic N) is 6. The van der Waals surface area contributed by atoms with Crippen molar-refractivity contribution in [1.29, 1.82) is 0 Å². The number of alkyl halides is 1. The Morgan fingerprint density at radius 1 is 1.17 bits per heavy atom. The van der Waals surface area contributed by atoms with Crippen molar-refractivity contribution in [2.75, 3.05) is 25.0 Å². The third kappa shape index (κ3) is 5.12. The van der Waals surface area contributed by atoms with E-state index in [1.54, 1.807) is 33.3 Å². The Kier molecular flexibility index (Phi) is 7.29. The predicted molar refractivity (Wildman–Crippen MR) is 164 cm³/mol. The minimum Gasteiger partial charge on any atom is -0.331 e. The zero-order chi connectivity index (χ0) is 28.8. The number of hydrogen-bond acceptors (Lipinski definition) is 6. The lowest BCUT2D eigenvalue weighted by molar-refractivity contribution is -0.118. The maximum Gasteiger partial charge on any atom is 0.257 e. The molecular weight excluding hydrogens is 573 g/mol. The van der Waals surface area contributed by atoms with Crippen molar-refractivity contribution in [3.05, 3.63) is 82.5 Å². The fourth-order valence-electron chi connectivity index (χ4n) is 6.28. The van der Waals surface area contributed by atoms with Crippen LogP contribution in [0.1, 0.15) is 48.7 Å². The maximum absolute atomic E-state index is 14.3. The zero-order valence-electron chi connectivity index (χ0n) is 23.2. The Labute approximate surface area is 252 Å². The van der Waals surface area contributed by atoms with Crippen LogP contribution >= 0.6 is 22.9 Å². The molecule has 0 bridgehead atoms. The van der Waals surface area contributed by atoms with E-state index in [1.807, 2.05) is 12.1 Å². The topological polar surface area (TPSA) is 80.9 Å². The number of carbonyl (C=O) groups excluding carboxylic acids is 1. The van der Waals surface area contributed by atoms with E-state index in [-0.39, 0.29) is 18.9 Å². The number of carbonyl (C=O) groups is 1. The molecule has 5 aromatic rings. The molecule has 216 valence electrons. The Hall–Kier alpha value is -3.60. The molecule has 11 heteroatoms. The summed E-state index contributed by atoms with van der Waals surface area (Å²) in [5.41, 5.74) is 5.24. The minimum absolute atomic E-state index is 0.204. The minimum atomic E-state index is -1.01. The molecule has 0 radical (unpaired) electrons. The fourth-order valence-corrected chi connectivity index (χ4v) is 7.07. The molecule has 42 heavy (non-hydrogen) atoms. The third-order valence-electron chi connectivity index (χ3n) is 8.57. The average molecular weight is 604 g/mol. The molecule has 2 atom stereocenters. The van der Waals surface area contributed by atoms with Gasteiger partial charge in [-0.2, -0.15) is 5.10 Å². The molecule has 1 fully saturated rings. The number of likely N-dealkylation sites (tertiary alicyclic amines) is 1. The van der Waals surface area contributed by atoms with Gasteiger partial charge in [0, 0.05) is 35.3 Å². The zero-order valence-corrected chi connectivity index (χ0v) is 24.8. The van der Waals surface area contributed by atoms with Crippen molar-refractivity contribution in [1.82, 2.24) is 29.2 Å². The molecule has 3 aromatic heterocycles. The van der Waals surface area contributed by atoms with E-state index in [1.165, 1.54) is 29.7 Å². The largest absolute Gasteiger partial charge is 0.331 e. The second-order valence-electron chi connectivity index (χ2n) is 11.1. The Balaban J connectivity index is 1.21. The second kappa shape index (κ2) is 11.2. The van der Waals surface area contributed by atoms with Gasteiger partial charge in [-0.15, -0.1) is 11.3 Å². The molecule has 0 saturated carbocycles. The van der Waals surface area contributed by atoms with Crippen LogP contribution in [0, 0.1) is 0 Å². The van der Waals surface area contributed by atoms with Crippen LogP contribution in [-0.2, 0) is 17.8 Å². The lowest BCUT2D eigenvalue weighted by atomic mass is 9.88. The molecule has 1 N–H and O–H groups in total. The second-order valence-corrected chi connectivity index (χ2v) is 12.4. The molecule has 7 rings (SSSR count). The van der Waals surface area contributed by atoms with Gasteiger partial charge in [0.05, 0.1) is 29.1 Å². The Morgan fingerprint density at radius 2 is 1.98 bits per heavy atom. The number of thiazole rings is 1. The van der Waals surface area contributed by atoms with Crippen LogP contribution in [0.25, 0.3) is 22.0 Å². The van der Waals surface area contributed by atoms with Crippen LogP contribution in [0.15, 0.2) is 60.5 Å². The lowest BCUT2D eigenvalue weighted by Gasteiger charge is -2.31. The normalized spacial score (nSPS) is 18.4. The summed E-state index contributed by atoms with van der Waals surface area (Å²) in [5.74, 6) is 0.242. The van der Waals surface area contributed by atoms with E-state index in [2.05, 4.69) is 51.4 Å². The van der Waals surface area contributed by atoms with Gasteiger partial charge in [-0.1, -0.05) is 42.8 Å². The van der Waals surface area contributed by atoms with Crippen LogP contribution in [0.4, 0.5) is 9.52 Å². The molecule has 5 heterocycles. The maximum atomic E-state index is 14.3. The van der Waals surface area contributed by atoms with E-state index >= 15 is 0 Å². The standard InChI is InChI=1S/C31H31ClFN7OS/c1-2-38-10-7-21(8-11-38)19-3-5-20(6-4-19)22-13-25(32)24-17-40(37-26(24)14-22)29(30(41)36-31-34-9-12-42-31)28-27-15-23(33)16-39(27)18-35-28/h3-6,9,12-14,17-18,21,23,29H,2,7-8,10-11,15-16H2,1H3,(H,34,36,41)/t23-,29-/m1/s1.